The summed E-state index contributed by atoms with van der Waals surface area (Å²) in [5.74, 6) is 0.0113. The van der Waals surface area contributed by atoms with Crippen molar-refractivity contribution in [1.82, 2.24) is 0 Å². The largest absolute Gasteiger partial charge is 0.409 e. The molecule has 0 aliphatic carbocycles. The SMILES string of the molecule is CC1CN(c2ccc(C(N)=NO)c(Cl)c2)CC(C)(C)O1. The maximum absolute atomic E-state index is 8.71. The first-order chi connectivity index (χ1) is 9.32. The Morgan fingerprint density at radius 1 is 1.55 bits per heavy atom. The van der Waals surface area contributed by atoms with Crippen molar-refractivity contribution in [2.45, 2.75) is 32.5 Å². The highest BCUT2D eigenvalue weighted by Crippen LogP contribution is 2.29. The van der Waals surface area contributed by atoms with Crippen LogP contribution >= 0.6 is 11.6 Å². The molecule has 1 fully saturated rings. The van der Waals surface area contributed by atoms with E-state index >= 15 is 0 Å². The fourth-order valence-electron chi connectivity index (χ4n) is 2.61. The van der Waals surface area contributed by atoms with Crippen LogP contribution in [0.2, 0.25) is 5.02 Å². The molecule has 1 heterocycles. The molecule has 1 aromatic rings. The number of anilines is 1. The fraction of sp³-hybridized carbons (Fsp3) is 0.500. The number of hydrogen-bond donors (Lipinski definition) is 2. The van der Waals surface area contributed by atoms with Gasteiger partial charge in [0, 0.05) is 24.3 Å². The highest BCUT2D eigenvalue weighted by Gasteiger charge is 2.31. The minimum absolute atomic E-state index is 0.0113. The molecular formula is C14H20ClN3O2. The van der Waals surface area contributed by atoms with Crippen molar-refractivity contribution < 1.29 is 9.94 Å². The molecule has 0 aromatic heterocycles. The van der Waals surface area contributed by atoms with Gasteiger partial charge in [0.05, 0.1) is 16.7 Å². The van der Waals surface area contributed by atoms with E-state index < -0.39 is 0 Å². The van der Waals surface area contributed by atoms with E-state index in [4.69, 9.17) is 27.3 Å². The second-order valence-electron chi connectivity index (χ2n) is 5.72. The van der Waals surface area contributed by atoms with Gasteiger partial charge in [-0.3, -0.25) is 0 Å². The summed E-state index contributed by atoms with van der Waals surface area (Å²) in [4.78, 5) is 2.23. The van der Waals surface area contributed by atoms with Gasteiger partial charge in [-0.05, 0) is 39.0 Å². The predicted octanol–water partition coefficient (Wildman–Crippen LogP) is 2.44. The molecule has 2 rings (SSSR count). The van der Waals surface area contributed by atoms with Crippen LogP contribution in [0.3, 0.4) is 0 Å². The normalized spacial score (nSPS) is 22.9. The van der Waals surface area contributed by atoms with Crippen molar-refractivity contribution in [3.63, 3.8) is 0 Å². The molecule has 3 N–H and O–H groups in total. The number of rotatable bonds is 2. The molecule has 1 atom stereocenters. The van der Waals surface area contributed by atoms with E-state index in [0.29, 0.717) is 10.6 Å². The topological polar surface area (TPSA) is 71.1 Å². The van der Waals surface area contributed by atoms with E-state index in [1.165, 1.54) is 0 Å². The summed E-state index contributed by atoms with van der Waals surface area (Å²) >= 11 is 6.20. The lowest BCUT2D eigenvalue weighted by Gasteiger charge is -2.43. The standard InChI is InChI=1S/C14H20ClN3O2/c1-9-7-18(8-14(2,3)20-9)10-4-5-11(12(15)6-10)13(16)17-19/h4-6,9,19H,7-8H2,1-3H3,(H2,16,17). The number of morpholine rings is 1. The Labute approximate surface area is 124 Å². The number of benzene rings is 1. The number of amidine groups is 1. The van der Waals surface area contributed by atoms with Crippen LogP contribution in [0.15, 0.2) is 23.4 Å². The van der Waals surface area contributed by atoms with Crippen LogP contribution in [0.25, 0.3) is 0 Å². The number of ether oxygens (including phenoxy) is 1. The molecule has 0 amide bonds. The molecule has 20 heavy (non-hydrogen) atoms. The maximum atomic E-state index is 8.71. The molecule has 1 aromatic carbocycles. The Balaban J connectivity index is 2.28. The molecule has 0 spiro atoms. The Hall–Kier alpha value is -1.46. The highest BCUT2D eigenvalue weighted by atomic mass is 35.5. The Morgan fingerprint density at radius 3 is 2.80 bits per heavy atom. The van der Waals surface area contributed by atoms with Gasteiger partial charge < -0.3 is 20.6 Å². The smallest absolute Gasteiger partial charge is 0.171 e. The number of nitrogens with two attached hydrogens (primary N) is 1. The molecule has 1 saturated heterocycles. The lowest BCUT2D eigenvalue weighted by molar-refractivity contribution is -0.0749. The third kappa shape index (κ3) is 3.16. The van der Waals surface area contributed by atoms with Gasteiger partial charge in [-0.15, -0.1) is 0 Å². The van der Waals surface area contributed by atoms with Crippen molar-refractivity contribution in [3.8, 4) is 0 Å². The van der Waals surface area contributed by atoms with Gasteiger partial charge in [0.2, 0.25) is 0 Å². The highest BCUT2D eigenvalue weighted by molar-refractivity contribution is 6.34. The van der Waals surface area contributed by atoms with Crippen molar-refractivity contribution in [2.75, 3.05) is 18.0 Å². The fourth-order valence-corrected chi connectivity index (χ4v) is 2.88. The average molecular weight is 298 g/mol. The van der Waals surface area contributed by atoms with Crippen LogP contribution in [0.4, 0.5) is 5.69 Å². The first-order valence-corrected chi connectivity index (χ1v) is 6.90. The van der Waals surface area contributed by atoms with Crippen LogP contribution in [0, 0.1) is 0 Å². The van der Waals surface area contributed by atoms with Crippen LogP contribution in [-0.2, 0) is 4.74 Å². The summed E-state index contributed by atoms with van der Waals surface area (Å²) in [6, 6.07) is 5.52. The molecular weight excluding hydrogens is 278 g/mol. The average Bonchev–Trinajstić information content (AvgIpc) is 2.35. The van der Waals surface area contributed by atoms with Gasteiger partial charge in [0.1, 0.15) is 0 Å². The quantitative estimate of drug-likeness (QED) is 0.381. The van der Waals surface area contributed by atoms with Crippen molar-refractivity contribution in [2.24, 2.45) is 10.9 Å². The molecule has 1 aliphatic rings. The monoisotopic (exact) mass is 297 g/mol. The molecule has 110 valence electrons. The minimum atomic E-state index is -0.200. The van der Waals surface area contributed by atoms with E-state index in [1.807, 2.05) is 12.1 Å². The zero-order chi connectivity index (χ0) is 14.9. The number of halogens is 1. The number of nitrogens with zero attached hydrogens (tertiary/aromatic N) is 2. The molecule has 0 bridgehead atoms. The Bertz CT molecular complexity index is 531. The Kier molecular flexibility index (Phi) is 4.11. The Morgan fingerprint density at radius 2 is 2.25 bits per heavy atom. The summed E-state index contributed by atoms with van der Waals surface area (Å²) < 4.78 is 5.89. The maximum Gasteiger partial charge on any atom is 0.171 e. The lowest BCUT2D eigenvalue weighted by Crippen LogP contribution is -2.52. The predicted molar refractivity (Wildman–Crippen MR) is 80.8 cm³/mol. The summed E-state index contributed by atoms with van der Waals surface area (Å²) in [5, 5.41) is 12.2. The number of oxime groups is 1. The van der Waals surface area contributed by atoms with E-state index in [9.17, 15) is 0 Å². The molecule has 1 unspecified atom stereocenters. The third-order valence-corrected chi connectivity index (χ3v) is 3.58. The molecule has 1 aliphatic heterocycles. The van der Waals surface area contributed by atoms with E-state index in [2.05, 4.69) is 30.8 Å². The molecule has 0 radical (unpaired) electrons. The molecule has 0 saturated carbocycles. The van der Waals surface area contributed by atoms with Gasteiger partial charge in [0.15, 0.2) is 5.84 Å². The van der Waals surface area contributed by atoms with Crippen molar-refractivity contribution in [3.05, 3.63) is 28.8 Å². The molecule has 5 nitrogen and oxygen atoms in total. The second kappa shape index (κ2) is 5.50. The van der Waals surface area contributed by atoms with Crippen LogP contribution in [-0.4, -0.2) is 35.8 Å². The van der Waals surface area contributed by atoms with Crippen molar-refractivity contribution in [1.29, 1.82) is 0 Å². The summed E-state index contributed by atoms with van der Waals surface area (Å²) in [7, 11) is 0. The van der Waals surface area contributed by atoms with Crippen molar-refractivity contribution >= 4 is 23.1 Å². The zero-order valence-corrected chi connectivity index (χ0v) is 12.7. The number of hydrogen-bond acceptors (Lipinski definition) is 4. The summed E-state index contributed by atoms with van der Waals surface area (Å²) in [5.41, 5.74) is 6.90. The van der Waals surface area contributed by atoms with E-state index in [-0.39, 0.29) is 17.5 Å². The van der Waals surface area contributed by atoms with Gasteiger partial charge in [-0.25, -0.2) is 0 Å². The third-order valence-electron chi connectivity index (χ3n) is 3.27. The van der Waals surface area contributed by atoms with Gasteiger partial charge in [0.25, 0.3) is 0 Å². The lowest BCUT2D eigenvalue weighted by atomic mass is 10.0. The first kappa shape index (κ1) is 14.9. The second-order valence-corrected chi connectivity index (χ2v) is 6.13. The minimum Gasteiger partial charge on any atom is -0.409 e. The van der Waals surface area contributed by atoms with Gasteiger partial charge >= 0.3 is 0 Å². The van der Waals surface area contributed by atoms with Crippen LogP contribution < -0.4 is 10.6 Å². The zero-order valence-electron chi connectivity index (χ0n) is 11.9. The van der Waals surface area contributed by atoms with Gasteiger partial charge in [-0.2, -0.15) is 0 Å². The summed E-state index contributed by atoms with van der Waals surface area (Å²) in [6.07, 6.45) is 0.154. The van der Waals surface area contributed by atoms with E-state index in [1.54, 1.807) is 6.07 Å². The summed E-state index contributed by atoms with van der Waals surface area (Å²) in [6.45, 7) is 7.80. The first-order valence-electron chi connectivity index (χ1n) is 6.52. The molecule has 6 heteroatoms. The van der Waals surface area contributed by atoms with Crippen LogP contribution in [0.1, 0.15) is 26.3 Å². The van der Waals surface area contributed by atoms with Crippen LogP contribution in [0.5, 0.6) is 0 Å². The van der Waals surface area contributed by atoms with Gasteiger partial charge in [-0.1, -0.05) is 16.8 Å². The van der Waals surface area contributed by atoms with E-state index in [0.717, 1.165) is 18.8 Å².